The lowest BCUT2D eigenvalue weighted by Crippen LogP contribution is -2.33. The van der Waals surface area contributed by atoms with Crippen LogP contribution in [-0.2, 0) is 27.4 Å². The number of aliphatic hydroxyl groups excluding tert-OH is 1. The smallest absolute Gasteiger partial charge is 0.388 e. The number of aromatic amines is 1. The molecule has 0 radical (unpaired) electrons. The Labute approximate surface area is 175 Å². The fraction of sp³-hybridized carbons (Fsp3) is 0.583. The quantitative estimate of drug-likeness (QED) is 0.224. The van der Waals surface area contributed by atoms with E-state index in [0.717, 1.165) is 10.9 Å². The van der Waals surface area contributed by atoms with Gasteiger partial charge in [0.25, 0.3) is 5.56 Å². The van der Waals surface area contributed by atoms with E-state index in [0.29, 0.717) is 0 Å². The Morgan fingerprint density at radius 2 is 2.00 bits per heavy atom. The van der Waals surface area contributed by atoms with E-state index in [1.165, 1.54) is 0 Å². The Hall–Kier alpha value is -1.85. The normalized spacial score (nSPS) is 26.1. The molecule has 5 atom stereocenters. The zero-order chi connectivity index (χ0) is 23.8. The second kappa shape index (κ2) is 9.18. The van der Waals surface area contributed by atoms with Gasteiger partial charge in [-0.05, 0) is 0 Å². The molecule has 2 aromatic rings. The Morgan fingerprint density at radius 3 is 2.62 bits per heavy atom. The molecule has 1 saturated heterocycles. The number of nitrogens with zero attached hydrogens (tertiary/aromatic N) is 3. The van der Waals surface area contributed by atoms with Gasteiger partial charge in [0.2, 0.25) is 5.95 Å². The van der Waals surface area contributed by atoms with Crippen molar-refractivity contribution in [1.29, 1.82) is 0 Å². The molecule has 16 nitrogen and oxygen atoms in total. The highest BCUT2D eigenvalue weighted by atomic mass is 31.3. The van der Waals surface area contributed by atoms with Crippen molar-refractivity contribution >= 4 is 32.8 Å². The monoisotopic (exact) mass is 507 g/mol. The van der Waals surface area contributed by atoms with Gasteiger partial charge in [0.1, 0.15) is 6.10 Å². The van der Waals surface area contributed by atoms with Crippen LogP contribution in [0, 0.1) is 5.92 Å². The third-order valence-electron chi connectivity index (χ3n) is 4.27. The number of nitrogens with one attached hydrogen (secondary N) is 1. The van der Waals surface area contributed by atoms with Crippen LogP contribution in [0.4, 0.5) is 14.7 Å². The zero-order valence-corrected chi connectivity index (χ0v) is 17.4. The molecule has 1 aliphatic heterocycles. The highest BCUT2D eigenvalue weighted by Gasteiger charge is 2.47. The van der Waals surface area contributed by atoms with E-state index in [-0.39, 0.29) is 17.1 Å². The van der Waals surface area contributed by atoms with Crippen molar-refractivity contribution in [1.82, 2.24) is 19.5 Å². The molecule has 20 heteroatoms. The van der Waals surface area contributed by atoms with Gasteiger partial charge >= 0.3 is 22.3 Å². The first-order valence-corrected chi connectivity index (χ1v) is 11.5. The van der Waals surface area contributed by atoms with Crippen molar-refractivity contribution in [3.05, 3.63) is 16.7 Å². The maximum atomic E-state index is 12.5. The van der Waals surface area contributed by atoms with Crippen molar-refractivity contribution in [3.8, 4) is 0 Å². The average Bonchev–Trinajstić information content (AvgIpc) is 3.17. The summed E-state index contributed by atoms with van der Waals surface area (Å²) < 4.78 is 66.4. The lowest BCUT2D eigenvalue weighted by atomic mass is 9.99. The lowest BCUT2D eigenvalue weighted by molar-refractivity contribution is -0.147. The number of aromatic nitrogens is 4. The van der Waals surface area contributed by atoms with E-state index in [9.17, 15) is 32.7 Å². The van der Waals surface area contributed by atoms with E-state index in [4.69, 9.17) is 20.3 Å². The molecule has 180 valence electrons. The number of H-pyrrole nitrogens is 1. The Morgan fingerprint density at radius 1 is 1.31 bits per heavy atom. The van der Waals surface area contributed by atoms with Crippen LogP contribution >= 0.6 is 15.6 Å². The molecule has 0 aromatic carbocycles. The summed E-state index contributed by atoms with van der Waals surface area (Å²) >= 11 is 0. The maximum absolute atomic E-state index is 12.5. The predicted octanol–water partition coefficient (Wildman–Crippen LogP) is -0.958. The summed E-state index contributed by atoms with van der Waals surface area (Å²) in [6, 6.07) is 0. The van der Waals surface area contributed by atoms with Gasteiger partial charge in [-0.15, -0.1) is 0 Å². The minimum Gasteiger partial charge on any atom is -0.388 e. The number of alkyl halides is 2. The number of anilines is 1. The summed E-state index contributed by atoms with van der Waals surface area (Å²) in [5, 5.41) is 10.6. The van der Waals surface area contributed by atoms with Crippen LogP contribution in [0.2, 0.25) is 0 Å². The molecular weight excluding hydrogens is 490 g/mol. The second-order valence-electron chi connectivity index (χ2n) is 6.43. The second-order valence-corrected chi connectivity index (χ2v) is 9.25. The number of aliphatic hydroxyl groups is 1. The molecule has 0 amide bonds. The first-order valence-electron chi connectivity index (χ1n) is 8.47. The van der Waals surface area contributed by atoms with Crippen molar-refractivity contribution in [2.75, 3.05) is 18.9 Å². The molecule has 0 bridgehead atoms. The van der Waals surface area contributed by atoms with Gasteiger partial charge in [0, 0.05) is 5.92 Å². The number of nitrogen functional groups attached to an aromatic ring is 1. The van der Waals surface area contributed by atoms with E-state index in [2.05, 4.69) is 28.5 Å². The third kappa shape index (κ3) is 5.74. The molecule has 0 saturated carbocycles. The zero-order valence-electron chi connectivity index (χ0n) is 15.6. The number of ether oxygens (including phenoxy) is 2. The van der Waals surface area contributed by atoms with Gasteiger partial charge in [-0.2, -0.15) is 18.1 Å². The molecular formula is C12H17F2N5O11P2. The minimum atomic E-state index is -5.41. The van der Waals surface area contributed by atoms with Crippen LogP contribution in [0.5, 0.6) is 0 Å². The van der Waals surface area contributed by atoms with Crippen LogP contribution in [0.15, 0.2) is 11.1 Å². The summed E-state index contributed by atoms with van der Waals surface area (Å²) in [5.74, 6) is -1.58. The predicted molar refractivity (Wildman–Crippen MR) is 96.8 cm³/mol. The topological polar surface area (TPSA) is 242 Å². The van der Waals surface area contributed by atoms with Crippen LogP contribution in [-0.4, -0.2) is 71.3 Å². The maximum Gasteiger partial charge on any atom is 0.481 e. The molecule has 0 aliphatic carbocycles. The van der Waals surface area contributed by atoms with Crippen LogP contribution < -0.4 is 11.3 Å². The molecule has 3 heterocycles. The largest absolute Gasteiger partial charge is 0.481 e. The van der Waals surface area contributed by atoms with Crippen molar-refractivity contribution in [2.45, 2.75) is 25.0 Å². The van der Waals surface area contributed by atoms with E-state index < -0.39 is 65.4 Å². The van der Waals surface area contributed by atoms with E-state index in [1.807, 2.05) is 0 Å². The molecule has 1 aliphatic rings. The molecule has 32 heavy (non-hydrogen) atoms. The van der Waals surface area contributed by atoms with Gasteiger partial charge < -0.3 is 35.0 Å². The van der Waals surface area contributed by atoms with E-state index >= 15 is 0 Å². The minimum absolute atomic E-state index is 0.122. The molecule has 0 spiro atoms. The molecule has 3 rings (SSSR count). The SMILES string of the molecule is Nc1nc2c(ncn2[C@@H]2O[C@H](COP(=O)(O)OP(=O)(O)O)[C@@H](COC(F)F)[C@H]2O)c(=O)[nH]1. The molecule has 2 aromatic heterocycles. The first kappa shape index (κ1) is 24.8. The summed E-state index contributed by atoms with van der Waals surface area (Å²) in [7, 11) is -10.7. The number of fused-ring (bicyclic) bond motifs is 1. The number of halogens is 2. The highest BCUT2D eigenvalue weighted by Crippen LogP contribution is 2.57. The van der Waals surface area contributed by atoms with Crippen molar-refractivity contribution in [2.24, 2.45) is 5.92 Å². The number of nitrogens with two attached hydrogens (primary N) is 1. The van der Waals surface area contributed by atoms with Crippen LogP contribution in [0.3, 0.4) is 0 Å². The summed E-state index contributed by atoms with van der Waals surface area (Å²) in [5.41, 5.74) is 4.50. The van der Waals surface area contributed by atoms with Gasteiger partial charge in [-0.1, -0.05) is 0 Å². The van der Waals surface area contributed by atoms with Crippen LogP contribution in [0.25, 0.3) is 11.2 Å². The number of imidazole rings is 1. The number of phosphoric acid groups is 2. The lowest BCUT2D eigenvalue weighted by Gasteiger charge is -2.21. The summed E-state index contributed by atoms with van der Waals surface area (Å²) in [6.07, 6.45) is -3.37. The Balaban J connectivity index is 1.86. The summed E-state index contributed by atoms with van der Waals surface area (Å²) in [4.78, 5) is 48.5. The standard InChI is InChI=1S/C12H17F2N5O11P2/c13-11(14)27-1-4-5(2-28-32(25,26)30-31(22,23)24)29-10(7(4)20)19-3-16-6-8(19)17-12(15)18-9(6)21/h3-5,7,10-11,20H,1-2H2,(H,25,26)(H2,22,23,24)(H3,15,17,18,21)/t4-,5-,7-,10-/m1/s1. The van der Waals surface area contributed by atoms with Gasteiger partial charge in [-0.3, -0.25) is 18.9 Å². The number of hydrogen-bond donors (Lipinski definition) is 6. The van der Waals surface area contributed by atoms with Gasteiger partial charge in [0.15, 0.2) is 17.4 Å². The number of rotatable bonds is 9. The highest BCUT2D eigenvalue weighted by molar-refractivity contribution is 7.60. The number of phosphoric ester groups is 1. The Bertz CT molecular complexity index is 1120. The van der Waals surface area contributed by atoms with Crippen molar-refractivity contribution in [3.63, 3.8) is 0 Å². The molecule has 7 N–H and O–H groups in total. The first-order chi connectivity index (χ1) is 14.8. The van der Waals surface area contributed by atoms with Gasteiger partial charge in [0.05, 0.1) is 25.6 Å². The van der Waals surface area contributed by atoms with Crippen LogP contribution in [0.1, 0.15) is 6.23 Å². The van der Waals surface area contributed by atoms with Crippen molar-refractivity contribution < 1.29 is 56.0 Å². The molecule has 1 unspecified atom stereocenters. The third-order valence-corrected chi connectivity index (χ3v) is 6.43. The van der Waals surface area contributed by atoms with E-state index in [1.54, 1.807) is 0 Å². The fourth-order valence-electron chi connectivity index (χ4n) is 3.03. The fourth-order valence-corrected chi connectivity index (χ4v) is 4.63. The molecule has 1 fully saturated rings. The Kier molecular flexibility index (Phi) is 7.11. The number of hydrogen-bond acceptors (Lipinski definition) is 11. The average molecular weight is 507 g/mol. The summed E-state index contributed by atoms with van der Waals surface area (Å²) in [6.45, 7) is -4.96. The van der Waals surface area contributed by atoms with Gasteiger partial charge in [-0.25, -0.2) is 14.1 Å².